The lowest BCUT2D eigenvalue weighted by atomic mass is 10.1. The van der Waals surface area contributed by atoms with Gasteiger partial charge in [0.15, 0.2) is 5.96 Å². The van der Waals surface area contributed by atoms with Crippen LogP contribution in [-0.2, 0) is 4.79 Å². The molecule has 1 saturated heterocycles. The van der Waals surface area contributed by atoms with Gasteiger partial charge in [-0.2, -0.15) is 0 Å². The molecule has 1 heterocycles. The van der Waals surface area contributed by atoms with Gasteiger partial charge in [-0.15, -0.1) is 0 Å². The third kappa shape index (κ3) is 2.61. The number of nitrogens with one attached hydrogen (secondary N) is 2. The molecule has 96 valence electrons. The molecule has 1 amide bonds. The molecule has 1 aromatic carbocycles. The van der Waals surface area contributed by atoms with Gasteiger partial charge in [-0.3, -0.25) is 15.1 Å². The van der Waals surface area contributed by atoms with Crippen molar-refractivity contribution in [1.29, 1.82) is 0 Å². The van der Waals surface area contributed by atoms with E-state index in [4.69, 9.17) is 4.74 Å². The Bertz CT molecular complexity index is 454. The highest BCUT2D eigenvalue weighted by Crippen LogP contribution is 2.19. The fourth-order valence-corrected chi connectivity index (χ4v) is 1.77. The van der Waals surface area contributed by atoms with E-state index < -0.39 is 0 Å². The van der Waals surface area contributed by atoms with Crippen molar-refractivity contribution in [1.82, 2.24) is 10.6 Å². The number of ether oxygens (including phenoxy) is 1. The molecule has 0 aromatic heterocycles. The second kappa shape index (κ2) is 5.53. The molecule has 0 saturated carbocycles. The van der Waals surface area contributed by atoms with Crippen molar-refractivity contribution in [3.63, 3.8) is 0 Å². The number of benzene rings is 1. The van der Waals surface area contributed by atoms with Crippen LogP contribution in [0.3, 0.4) is 0 Å². The van der Waals surface area contributed by atoms with Gasteiger partial charge in [0.2, 0.25) is 0 Å². The van der Waals surface area contributed by atoms with Gasteiger partial charge in [-0.25, -0.2) is 0 Å². The highest BCUT2D eigenvalue weighted by atomic mass is 16.5. The molecule has 0 spiro atoms. The maximum Gasteiger partial charge on any atom is 0.253 e. The summed E-state index contributed by atoms with van der Waals surface area (Å²) < 4.78 is 5.09. The van der Waals surface area contributed by atoms with E-state index in [0.717, 1.165) is 17.7 Å². The number of carbonyl (C=O) groups is 1. The molecule has 1 atom stereocenters. The molecule has 18 heavy (non-hydrogen) atoms. The Hall–Kier alpha value is -2.04. The summed E-state index contributed by atoms with van der Waals surface area (Å²) in [5.74, 6) is 1.26. The van der Waals surface area contributed by atoms with E-state index in [1.807, 2.05) is 31.2 Å². The first-order valence-electron chi connectivity index (χ1n) is 6.00. The van der Waals surface area contributed by atoms with Crippen molar-refractivity contribution >= 4 is 11.9 Å². The largest absolute Gasteiger partial charge is 0.497 e. The average Bonchev–Trinajstić information content (AvgIpc) is 2.78. The molecular formula is C13H17N3O2. The Labute approximate surface area is 106 Å². The monoisotopic (exact) mass is 247 g/mol. The van der Waals surface area contributed by atoms with E-state index in [2.05, 4.69) is 15.6 Å². The molecule has 5 nitrogen and oxygen atoms in total. The molecule has 0 radical (unpaired) electrons. The number of guanidine groups is 1. The minimum Gasteiger partial charge on any atom is -0.497 e. The van der Waals surface area contributed by atoms with Gasteiger partial charge in [0.1, 0.15) is 11.8 Å². The van der Waals surface area contributed by atoms with E-state index in [9.17, 15) is 4.79 Å². The van der Waals surface area contributed by atoms with Gasteiger partial charge >= 0.3 is 0 Å². The topological polar surface area (TPSA) is 62.7 Å². The van der Waals surface area contributed by atoms with E-state index in [0.29, 0.717) is 12.5 Å². The quantitative estimate of drug-likeness (QED) is 0.841. The van der Waals surface area contributed by atoms with Crippen LogP contribution in [0.1, 0.15) is 24.9 Å². The Morgan fingerprint density at radius 1 is 1.33 bits per heavy atom. The minimum absolute atomic E-state index is 0.0741. The molecule has 1 fully saturated rings. The zero-order valence-electron chi connectivity index (χ0n) is 10.6. The van der Waals surface area contributed by atoms with Gasteiger partial charge in [0.05, 0.1) is 7.11 Å². The van der Waals surface area contributed by atoms with E-state index in [-0.39, 0.29) is 11.9 Å². The lowest BCUT2D eigenvalue weighted by Gasteiger charge is -2.08. The first-order valence-corrected chi connectivity index (χ1v) is 6.00. The Morgan fingerprint density at radius 2 is 2.06 bits per heavy atom. The number of amides is 1. The second-order valence-electron chi connectivity index (χ2n) is 4.07. The number of nitrogens with zero attached hydrogens (tertiary/aromatic N) is 1. The maximum atomic E-state index is 11.8. The Balaban J connectivity index is 2.11. The van der Waals surface area contributed by atoms with Gasteiger partial charge in [-0.1, -0.05) is 19.1 Å². The normalized spacial score (nSPS) is 20.7. The second-order valence-corrected chi connectivity index (χ2v) is 4.07. The van der Waals surface area contributed by atoms with Crippen LogP contribution in [0.15, 0.2) is 29.3 Å². The zero-order chi connectivity index (χ0) is 13.0. The van der Waals surface area contributed by atoms with Crippen LogP contribution in [0, 0.1) is 0 Å². The zero-order valence-corrected chi connectivity index (χ0v) is 10.6. The molecule has 5 heteroatoms. The number of carbonyl (C=O) groups excluding carboxylic acids is 1. The number of methoxy groups -OCH3 is 1. The van der Waals surface area contributed by atoms with Crippen molar-refractivity contribution in [2.75, 3.05) is 13.7 Å². The molecular weight excluding hydrogens is 230 g/mol. The first kappa shape index (κ1) is 12.4. The lowest BCUT2D eigenvalue weighted by Crippen LogP contribution is -2.25. The molecule has 1 unspecified atom stereocenters. The predicted octanol–water partition coefficient (Wildman–Crippen LogP) is 1.22. The summed E-state index contributed by atoms with van der Waals surface area (Å²) >= 11 is 0. The number of rotatable bonds is 4. The molecule has 2 rings (SSSR count). The van der Waals surface area contributed by atoms with Crippen LogP contribution < -0.4 is 15.4 Å². The van der Waals surface area contributed by atoms with Crippen molar-refractivity contribution in [3.8, 4) is 5.75 Å². The average molecular weight is 247 g/mol. The van der Waals surface area contributed by atoms with Gasteiger partial charge in [-0.05, 0) is 24.1 Å². The Morgan fingerprint density at radius 3 is 2.67 bits per heavy atom. The van der Waals surface area contributed by atoms with Gasteiger partial charge in [0, 0.05) is 6.54 Å². The number of aliphatic imine (C=N–C) groups is 1. The molecule has 0 aliphatic carbocycles. The summed E-state index contributed by atoms with van der Waals surface area (Å²) in [4.78, 5) is 16.1. The van der Waals surface area contributed by atoms with Crippen molar-refractivity contribution < 1.29 is 9.53 Å². The minimum atomic E-state index is -0.369. The van der Waals surface area contributed by atoms with E-state index >= 15 is 0 Å². The highest BCUT2D eigenvalue weighted by Gasteiger charge is 2.29. The Kier molecular flexibility index (Phi) is 3.82. The standard InChI is InChI=1S/C13H17N3O2/c1-3-8-14-13-15-11(12(17)16-13)9-4-6-10(18-2)7-5-9/h4-7,11H,3,8H2,1-2H3,(H2,14,15,16,17). The molecule has 0 bridgehead atoms. The summed E-state index contributed by atoms with van der Waals surface area (Å²) in [7, 11) is 1.62. The van der Waals surface area contributed by atoms with Crippen molar-refractivity contribution in [2.45, 2.75) is 19.4 Å². The maximum absolute atomic E-state index is 11.8. The summed E-state index contributed by atoms with van der Waals surface area (Å²) in [6, 6.07) is 7.06. The van der Waals surface area contributed by atoms with Crippen molar-refractivity contribution in [3.05, 3.63) is 29.8 Å². The van der Waals surface area contributed by atoms with Crippen LogP contribution >= 0.6 is 0 Å². The highest BCUT2D eigenvalue weighted by molar-refractivity contribution is 6.06. The van der Waals surface area contributed by atoms with E-state index in [1.54, 1.807) is 7.11 Å². The van der Waals surface area contributed by atoms with Crippen LogP contribution in [0.5, 0.6) is 5.75 Å². The molecule has 1 aliphatic rings. The number of hydrogen-bond donors (Lipinski definition) is 2. The summed E-state index contributed by atoms with van der Waals surface area (Å²) in [6.45, 7) is 2.75. The number of hydrogen-bond acceptors (Lipinski definition) is 3. The summed E-state index contributed by atoms with van der Waals surface area (Å²) in [5.41, 5.74) is 0.898. The van der Waals surface area contributed by atoms with Gasteiger partial charge < -0.3 is 10.1 Å². The predicted molar refractivity (Wildman–Crippen MR) is 69.6 cm³/mol. The van der Waals surface area contributed by atoms with Gasteiger partial charge in [0.25, 0.3) is 5.91 Å². The fraction of sp³-hybridized carbons (Fsp3) is 0.385. The fourth-order valence-electron chi connectivity index (χ4n) is 1.77. The van der Waals surface area contributed by atoms with Crippen molar-refractivity contribution in [2.24, 2.45) is 4.99 Å². The smallest absolute Gasteiger partial charge is 0.253 e. The molecule has 1 aromatic rings. The first-order chi connectivity index (χ1) is 8.74. The van der Waals surface area contributed by atoms with Crippen LogP contribution in [-0.4, -0.2) is 25.5 Å². The third-order valence-corrected chi connectivity index (χ3v) is 2.73. The molecule has 1 aliphatic heterocycles. The van der Waals surface area contributed by atoms with Crippen LogP contribution in [0.4, 0.5) is 0 Å². The SMILES string of the molecule is CCCN=C1NC(=O)C(c2ccc(OC)cc2)N1. The van der Waals surface area contributed by atoms with Crippen LogP contribution in [0.2, 0.25) is 0 Å². The third-order valence-electron chi connectivity index (χ3n) is 2.73. The van der Waals surface area contributed by atoms with Crippen LogP contribution in [0.25, 0.3) is 0 Å². The summed E-state index contributed by atoms with van der Waals surface area (Å²) in [6.07, 6.45) is 0.953. The summed E-state index contributed by atoms with van der Waals surface area (Å²) in [5, 5.41) is 5.81. The molecule has 2 N–H and O–H groups in total. The lowest BCUT2D eigenvalue weighted by molar-refractivity contribution is -0.120. The van der Waals surface area contributed by atoms with E-state index in [1.165, 1.54) is 0 Å².